The molecule has 1 aliphatic rings. The average Bonchev–Trinajstić information content (AvgIpc) is 3.27. The predicted octanol–water partition coefficient (Wildman–Crippen LogP) is 3.51. The molecule has 0 saturated heterocycles. The van der Waals surface area contributed by atoms with Gasteiger partial charge in [0.1, 0.15) is 5.00 Å². The Hall–Kier alpha value is -1.80. The Bertz CT molecular complexity index is 791. The molecule has 134 valence electrons. The zero-order chi connectivity index (χ0) is 18.0. The second-order valence-corrected chi connectivity index (χ2v) is 8.10. The second-order valence-electron chi connectivity index (χ2n) is 6.24. The van der Waals surface area contributed by atoms with Crippen molar-refractivity contribution in [1.82, 2.24) is 9.55 Å². The van der Waals surface area contributed by atoms with Crippen LogP contribution < -0.4 is 11.1 Å². The summed E-state index contributed by atoms with van der Waals surface area (Å²) in [5, 5.41) is 5.92. The van der Waals surface area contributed by atoms with Crippen LogP contribution in [0, 0.1) is 13.8 Å². The van der Waals surface area contributed by atoms with E-state index in [0.717, 1.165) is 10.9 Å². The number of aryl methyl sites for hydroxylation is 1. The van der Waals surface area contributed by atoms with Gasteiger partial charge in [0.2, 0.25) is 5.91 Å². The molecule has 25 heavy (non-hydrogen) atoms. The van der Waals surface area contributed by atoms with Gasteiger partial charge in [0.15, 0.2) is 5.16 Å². The Kier molecular flexibility index (Phi) is 5.48. The highest BCUT2D eigenvalue weighted by Gasteiger charge is 2.23. The monoisotopic (exact) mass is 378 g/mol. The molecule has 0 atom stereocenters. The van der Waals surface area contributed by atoms with Crippen LogP contribution in [0.15, 0.2) is 16.6 Å². The van der Waals surface area contributed by atoms with E-state index < -0.39 is 5.91 Å². The van der Waals surface area contributed by atoms with Crippen LogP contribution in [-0.4, -0.2) is 27.1 Å². The van der Waals surface area contributed by atoms with Crippen molar-refractivity contribution in [3.8, 4) is 0 Å². The van der Waals surface area contributed by atoms with Gasteiger partial charge in [0, 0.05) is 11.7 Å². The molecule has 1 aliphatic carbocycles. The lowest BCUT2D eigenvalue weighted by atomic mass is 10.2. The number of rotatable bonds is 6. The highest BCUT2D eigenvalue weighted by molar-refractivity contribution is 7.99. The van der Waals surface area contributed by atoms with Crippen LogP contribution in [0.25, 0.3) is 0 Å². The van der Waals surface area contributed by atoms with Gasteiger partial charge in [-0.05, 0) is 38.1 Å². The minimum Gasteiger partial charge on any atom is -0.366 e. The van der Waals surface area contributed by atoms with Crippen LogP contribution in [0.4, 0.5) is 5.00 Å². The van der Waals surface area contributed by atoms with Crippen LogP contribution in [0.1, 0.15) is 53.5 Å². The third kappa shape index (κ3) is 3.90. The summed E-state index contributed by atoms with van der Waals surface area (Å²) in [5.74, 6) is -0.447. The van der Waals surface area contributed by atoms with Crippen molar-refractivity contribution >= 4 is 39.9 Å². The average molecular weight is 379 g/mol. The minimum atomic E-state index is -0.535. The number of nitrogens with one attached hydrogen (secondary N) is 1. The molecular formula is C17H22N4O2S2. The van der Waals surface area contributed by atoms with Crippen molar-refractivity contribution in [2.45, 2.75) is 50.7 Å². The molecule has 8 heteroatoms. The number of hydrogen-bond acceptors (Lipinski definition) is 5. The van der Waals surface area contributed by atoms with E-state index >= 15 is 0 Å². The molecule has 0 aliphatic heterocycles. The standard InChI is InChI=1S/C17H22N4O2S2/c1-10-11(2)21(12-5-3-4-6-12)17(19-10)25-9-14(22)20-16-13(15(18)23)7-8-24-16/h7-8,12H,3-6,9H2,1-2H3,(H2,18,23)(H,20,22). The Morgan fingerprint density at radius 2 is 2.12 bits per heavy atom. The number of aromatic nitrogens is 2. The fraction of sp³-hybridized carbons (Fsp3) is 0.471. The van der Waals surface area contributed by atoms with Crippen LogP contribution in [0.2, 0.25) is 0 Å². The normalized spacial score (nSPS) is 14.8. The maximum Gasteiger partial charge on any atom is 0.251 e. The molecule has 0 aromatic carbocycles. The number of imidazole rings is 1. The molecule has 0 unspecified atom stereocenters. The number of carbonyl (C=O) groups is 2. The molecule has 0 bridgehead atoms. The molecule has 1 saturated carbocycles. The summed E-state index contributed by atoms with van der Waals surface area (Å²) in [6.45, 7) is 4.10. The lowest BCUT2D eigenvalue weighted by Crippen LogP contribution is -2.18. The van der Waals surface area contributed by atoms with Gasteiger partial charge >= 0.3 is 0 Å². The maximum atomic E-state index is 12.3. The van der Waals surface area contributed by atoms with Crippen molar-refractivity contribution in [1.29, 1.82) is 0 Å². The highest BCUT2D eigenvalue weighted by Crippen LogP contribution is 2.35. The summed E-state index contributed by atoms with van der Waals surface area (Å²) >= 11 is 2.74. The quantitative estimate of drug-likeness (QED) is 0.753. The number of anilines is 1. The first-order chi connectivity index (χ1) is 12.0. The smallest absolute Gasteiger partial charge is 0.251 e. The van der Waals surface area contributed by atoms with Gasteiger partial charge in [-0.15, -0.1) is 11.3 Å². The van der Waals surface area contributed by atoms with E-state index in [1.165, 1.54) is 54.5 Å². The zero-order valence-electron chi connectivity index (χ0n) is 14.4. The Balaban J connectivity index is 1.67. The minimum absolute atomic E-state index is 0.161. The first kappa shape index (κ1) is 18.0. The number of hydrogen-bond donors (Lipinski definition) is 2. The van der Waals surface area contributed by atoms with Crippen molar-refractivity contribution in [3.63, 3.8) is 0 Å². The summed E-state index contributed by atoms with van der Waals surface area (Å²) in [6, 6.07) is 2.11. The number of nitrogens with zero attached hydrogens (tertiary/aromatic N) is 2. The summed E-state index contributed by atoms with van der Waals surface area (Å²) in [6.07, 6.45) is 4.85. The molecule has 0 radical (unpaired) electrons. The van der Waals surface area contributed by atoms with Gasteiger partial charge in [-0.1, -0.05) is 24.6 Å². The number of thioether (sulfide) groups is 1. The summed E-state index contributed by atoms with van der Waals surface area (Å²) in [4.78, 5) is 28.2. The van der Waals surface area contributed by atoms with E-state index in [2.05, 4.69) is 21.8 Å². The molecule has 2 amide bonds. The van der Waals surface area contributed by atoms with Gasteiger partial charge in [0.25, 0.3) is 5.91 Å². The SMILES string of the molecule is Cc1nc(SCC(=O)Nc2sccc2C(N)=O)n(C2CCCC2)c1C. The first-order valence-corrected chi connectivity index (χ1v) is 10.2. The van der Waals surface area contributed by atoms with E-state index in [4.69, 9.17) is 5.73 Å². The van der Waals surface area contributed by atoms with Gasteiger partial charge < -0.3 is 15.6 Å². The van der Waals surface area contributed by atoms with Crippen LogP contribution in [0.3, 0.4) is 0 Å². The first-order valence-electron chi connectivity index (χ1n) is 8.32. The van der Waals surface area contributed by atoms with Crippen LogP contribution >= 0.6 is 23.1 Å². The Morgan fingerprint density at radius 1 is 1.40 bits per heavy atom. The van der Waals surface area contributed by atoms with Crippen molar-refractivity contribution in [3.05, 3.63) is 28.4 Å². The number of carbonyl (C=O) groups excluding carboxylic acids is 2. The zero-order valence-corrected chi connectivity index (χ0v) is 16.0. The largest absolute Gasteiger partial charge is 0.366 e. The number of nitrogens with two attached hydrogens (primary N) is 1. The van der Waals surface area contributed by atoms with Crippen molar-refractivity contribution in [2.75, 3.05) is 11.1 Å². The van der Waals surface area contributed by atoms with Gasteiger partial charge in [-0.3, -0.25) is 9.59 Å². The second kappa shape index (κ2) is 7.61. The van der Waals surface area contributed by atoms with E-state index in [-0.39, 0.29) is 11.7 Å². The van der Waals surface area contributed by atoms with Crippen LogP contribution in [-0.2, 0) is 4.79 Å². The summed E-state index contributed by atoms with van der Waals surface area (Å²) in [5.41, 5.74) is 7.86. The topological polar surface area (TPSA) is 90.0 Å². The van der Waals surface area contributed by atoms with E-state index in [0.29, 0.717) is 16.6 Å². The van der Waals surface area contributed by atoms with Crippen molar-refractivity contribution < 1.29 is 9.59 Å². The molecule has 3 N–H and O–H groups in total. The number of amides is 2. The molecule has 6 nitrogen and oxygen atoms in total. The number of thiophene rings is 1. The fourth-order valence-corrected chi connectivity index (χ4v) is 4.95. The molecule has 3 rings (SSSR count). The number of primary amides is 1. The lowest BCUT2D eigenvalue weighted by molar-refractivity contribution is -0.113. The third-order valence-corrected chi connectivity index (χ3v) is 6.34. The molecular weight excluding hydrogens is 356 g/mol. The molecule has 0 spiro atoms. The van der Waals surface area contributed by atoms with E-state index in [9.17, 15) is 9.59 Å². The van der Waals surface area contributed by atoms with Gasteiger partial charge in [0.05, 0.1) is 17.0 Å². The van der Waals surface area contributed by atoms with Crippen molar-refractivity contribution in [2.24, 2.45) is 5.73 Å². The molecule has 1 fully saturated rings. The van der Waals surface area contributed by atoms with E-state index in [1.807, 2.05) is 6.92 Å². The van der Waals surface area contributed by atoms with E-state index in [1.54, 1.807) is 11.4 Å². The maximum absolute atomic E-state index is 12.3. The summed E-state index contributed by atoms with van der Waals surface area (Å²) in [7, 11) is 0. The predicted molar refractivity (Wildman–Crippen MR) is 101 cm³/mol. The lowest BCUT2D eigenvalue weighted by Gasteiger charge is -2.16. The van der Waals surface area contributed by atoms with Gasteiger partial charge in [-0.2, -0.15) is 0 Å². The molecule has 2 heterocycles. The Morgan fingerprint density at radius 3 is 2.80 bits per heavy atom. The molecule has 2 aromatic heterocycles. The third-order valence-electron chi connectivity index (χ3n) is 4.56. The van der Waals surface area contributed by atoms with Crippen LogP contribution in [0.5, 0.6) is 0 Å². The van der Waals surface area contributed by atoms with Gasteiger partial charge in [-0.25, -0.2) is 4.98 Å². The fourth-order valence-electron chi connectivity index (χ4n) is 3.18. The molecule has 2 aromatic rings. The summed E-state index contributed by atoms with van der Waals surface area (Å²) < 4.78 is 2.29. The highest BCUT2D eigenvalue weighted by atomic mass is 32.2. The Labute approximate surface area is 155 Å².